The lowest BCUT2D eigenvalue weighted by molar-refractivity contribution is 0.0483. The molecule has 1 N–H and O–H groups in total. The molecule has 1 rings (SSSR count). The minimum atomic E-state index is 0.117. The first kappa shape index (κ1) is 17.0. The fourth-order valence-corrected chi connectivity index (χ4v) is 1.76. The molecule has 0 aliphatic rings. The second-order valence-electron chi connectivity index (χ2n) is 7.11. The highest BCUT2D eigenvalue weighted by Crippen LogP contribution is 2.18. The lowest BCUT2D eigenvalue weighted by atomic mass is 9.93. The summed E-state index contributed by atoms with van der Waals surface area (Å²) in [5.74, 6) is 0.875. The monoisotopic (exact) mass is 279 g/mol. The quantitative estimate of drug-likeness (QED) is 0.827. The van der Waals surface area contributed by atoms with Crippen molar-refractivity contribution in [2.75, 3.05) is 20.3 Å². The van der Waals surface area contributed by atoms with Gasteiger partial charge in [-0.2, -0.15) is 0 Å². The van der Waals surface area contributed by atoms with Crippen LogP contribution in [0.2, 0.25) is 0 Å². The summed E-state index contributed by atoms with van der Waals surface area (Å²) in [4.78, 5) is 0. The van der Waals surface area contributed by atoms with E-state index in [2.05, 4.69) is 46.0 Å². The summed E-state index contributed by atoms with van der Waals surface area (Å²) in [5, 5.41) is 3.53. The highest BCUT2D eigenvalue weighted by molar-refractivity contribution is 5.27. The lowest BCUT2D eigenvalue weighted by Gasteiger charge is -2.30. The molecule has 0 amide bonds. The van der Waals surface area contributed by atoms with Gasteiger partial charge in [0.15, 0.2) is 0 Å². The smallest absolute Gasteiger partial charge is 0.119 e. The maximum Gasteiger partial charge on any atom is 0.119 e. The number of hydrogen-bond donors (Lipinski definition) is 1. The second-order valence-corrected chi connectivity index (χ2v) is 7.11. The Bertz CT molecular complexity index is 408. The Kier molecular flexibility index (Phi) is 6.03. The van der Waals surface area contributed by atoms with E-state index in [1.807, 2.05) is 18.2 Å². The maximum atomic E-state index is 5.85. The molecule has 0 radical (unpaired) electrons. The van der Waals surface area contributed by atoms with E-state index in [-0.39, 0.29) is 11.0 Å². The summed E-state index contributed by atoms with van der Waals surface area (Å²) >= 11 is 0. The Hall–Kier alpha value is -1.06. The fraction of sp³-hybridized carbons (Fsp3) is 0.647. The van der Waals surface area contributed by atoms with Gasteiger partial charge in [-0.3, -0.25) is 0 Å². The van der Waals surface area contributed by atoms with Gasteiger partial charge in [0.1, 0.15) is 5.75 Å². The van der Waals surface area contributed by atoms with Crippen LogP contribution in [0.25, 0.3) is 0 Å². The molecule has 0 saturated heterocycles. The van der Waals surface area contributed by atoms with E-state index in [0.717, 1.165) is 24.5 Å². The van der Waals surface area contributed by atoms with E-state index in [1.54, 1.807) is 7.11 Å². The van der Waals surface area contributed by atoms with Gasteiger partial charge in [0.25, 0.3) is 0 Å². The SMILES string of the molecule is COc1cccc(COCC(C)(C)CNC(C)(C)C)c1. The largest absolute Gasteiger partial charge is 0.497 e. The van der Waals surface area contributed by atoms with Gasteiger partial charge in [0.05, 0.1) is 20.3 Å². The van der Waals surface area contributed by atoms with Crippen LogP contribution in [0.15, 0.2) is 24.3 Å². The average molecular weight is 279 g/mol. The number of ether oxygens (including phenoxy) is 2. The average Bonchev–Trinajstić information content (AvgIpc) is 2.36. The van der Waals surface area contributed by atoms with Gasteiger partial charge in [-0.15, -0.1) is 0 Å². The van der Waals surface area contributed by atoms with Crippen LogP contribution in [0, 0.1) is 5.41 Å². The molecular formula is C17H29NO2. The number of hydrogen-bond acceptors (Lipinski definition) is 3. The third-order valence-electron chi connectivity index (χ3n) is 2.99. The van der Waals surface area contributed by atoms with Gasteiger partial charge in [0, 0.05) is 17.5 Å². The van der Waals surface area contributed by atoms with Crippen molar-refractivity contribution in [1.29, 1.82) is 0 Å². The third-order valence-corrected chi connectivity index (χ3v) is 2.99. The van der Waals surface area contributed by atoms with E-state index in [1.165, 1.54) is 0 Å². The molecule has 1 aromatic rings. The second kappa shape index (κ2) is 7.09. The van der Waals surface area contributed by atoms with Crippen molar-refractivity contribution < 1.29 is 9.47 Å². The fourth-order valence-electron chi connectivity index (χ4n) is 1.76. The van der Waals surface area contributed by atoms with Gasteiger partial charge >= 0.3 is 0 Å². The zero-order valence-electron chi connectivity index (χ0n) is 13.7. The van der Waals surface area contributed by atoms with Crippen LogP contribution >= 0.6 is 0 Å². The highest BCUT2D eigenvalue weighted by atomic mass is 16.5. The molecule has 0 fully saturated rings. The molecule has 0 bridgehead atoms. The lowest BCUT2D eigenvalue weighted by Crippen LogP contribution is -2.43. The van der Waals surface area contributed by atoms with E-state index in [0.29, 0.717) is 6.61 Å². The van der Waals surface area contributed by atoms with Crippen molar-refractivity contribution >= 4 is 0 Å². The standard InChI is InChI=1S/C17H29NO2/c1-16(2,3)18-12-17(4,5)13-20-11-14-8-7-9-15(10-14)19-6/h7-10,18H,11-13H2,1-6H3. The molecule has 1 aromatic carbocycles. The molecule has 0 saturated carbocycles. The summed E-state index contributed by atoms with van der Waals surface area (Å²) in [6.07, 6.45) is 0. The first-order chi connectivity index (χ1) is 9.22. The van der Waals surface area contributed by atoms with Crippen LogP contribution in [0.4, 0.5) is 0 Å². The Morgan fingerprint density at radius 1 is 1.10 bits per heavy atom. The molecule has 114 valence electrons. The molecule has 0 aliphatic carbocycles. The summed E-state index contributed by atoms with van der Waals surface area (Å²) in [7, 11) is 1.68. The summed E-state index contributed by atoms with van der Waals surface area (Å²) in [6.45, 7) is 13.3. The molecule has 3 heteroatoms. The van der Waals surface area contributed by atoms with Crippen molar-refractivity contribution in [3.05, 3.63) is 29.8 Å². The first-order valence-electron chi connectivity index (χ1n) is 7.18. The van der Waals surface area contributed by atoms with E-state index >= 15 is 0 Å². The number of nitrogens with one attached hydrogen (secondary N) is 1. The molecule has 0 spiro atoms. The molecule has 0 heterocycles. The maximum absolute atomic E-state index is 5.85. The van der Waals surface area contributed by atoms with Crippen molar-refractivity contribution in [2.24, 2.45) is 5.41 Å². The van der Waals surface area contributed by atoms with Crippen molar-refractivity contribution in [3.8, 4) is 5.75 Å². The normalized spacial score (nSPS) is 12.5. The van der Waals surface area contributed by atoms with Crippen LogP contribution in [0.1, 0.15) is 40.2 Å². The van der Waals surface area contributed by atoms with E-state index in [9.17, 15) is 0 Å². The van der Waals surface area contributed by atoms with Crippen LogP contribution in [-0.2, 0) is 11.3 Å². The Balaban J connectivity index is 2.38. The van der Waals surface area contributed by atoms with Gasteiger partial charge < -0.3 is 14.8 Å². The van der Waals surface area contributed by atoms with Crippen molar-refractivity contribution in [3.63, 3.8) is 0 Å². The topological polar surface area (TPSA) is 30.5 Å². The summed E-state index contributed by atoms with van der Waals surface area (Å²) < 4.78 is 11.1. The minimum Gasteiger partial charge on any atom is -0.497 e. The number of methoxy groups -OCH3 is 1. The van der Waals surface area contributed by atoms with Gasteiger partial charge in [-0.25, -0.2) is 0 Å². The van der Waals surface area contributed by atoms with Gasteiger partial charge in [-0.05, 0) is 38.5 Å². The molecule has 20 heavy (non-hydrogen) atoms. The predicted octanol–water partition coefficient (Wildman–Crippen LogP) is 3.63. The Labute approximate surface area is 123 Å². The highest BCUT2D eigenvalue weighted by Gasteiger charge is 2.21. The number of rotatable bonds is 7. The number of benzene rings is 1. The molecule has 3 nitrogen and oxygen atoms in total. The van der Waals surface area contributed by atoms with Crippen molar-refractivity contribution in [1.82, 2.24) is 5.32 Å². The molecular weight excluding hydrogens is 250 g/mol. The zero-order valence-corrected chi connectivity index (χ0v) is 13.7. The van der Waals surface area contributed by atoms with Crippen molar-refractivity contribution in [2.45, 2.75) is 46.8 Å². The Morgan fingerprint density at radius 3 is 2.40 bits per heavy atom. The van der Waals surface area contributed by atoms with Gasteiger partial charge in [-0.1, -0.05) is 26.0 Å². The molecule has 0 aromatic heterocycles. The van der Waals surface area contributed by atoms with E-state index in [4.69, 9.17) is 9.47 Å². The molecule has 0 atom stereocenters. The first-order valence-corrected chi connectivity index (χ1v) is 7.18. The third kappa shape index (κ3) is 6.92. The Morgan fingerprint density at radius 2 is 1.80 bits per heavy atom. The molecule has 0 unspecified atom stereocenters. The molecule has 0 aliphatic heterocycles. The van der Waals surface area contributed by atoms with Crippen LogP contribution < -0.4 is 10.1 Å². The van der Waals surface area contributed by atoms with Crippen LogP contribution in [-0.4, -0.2) is 25.8 Å². The summed E-state index contributed by atoms with van der Waals surface area (Å²) in [6, 6.07) is 8.01. The predicted molar refractivity (Wildman–Crippen MR) is 84.2 cm³/mol. The van der Waals surface area contributed by atoms with Crippen LogP contribution in [0.5, 0.6) is 5.75 Å². The van der Waals surface area contributed by atoms with Crippen LogP contribution in [0.3, 0.4) is 0 Å². The minimum absolute atomic E-state index is 0.117. The van der Waals surface area contributed by atoms with E-state index < -0.39 is 0 Å². The van der Waals surface area contributed by atoms with Gasteiger partial charge in [0.2, 0.25) is 0 Å². The zero-order chi connectivity index (χ0) is 15.2. The summed E-state index contributed by atoms with van der Waals surface area (Å²) in [5.41, 5.74) is 1.40.